The van der Waals surface area contributed by atoms with Crippen molar-refractivity contribution in [2.75, 3.05) is 6.54 Å². The van der Waals surface area contributed by atoms with Gasteiger partial charge in [0.1, 0.15) is 6.04 Å². The molecule has 0 aromatic carbocycles. The van der Waals surface area contributed by atoms with E-state index in [1.807, 2.05) is 19.2 Å². The number of aryl methyl sites for hydroxylation is 1. The Balaban J connectivity index is 2.03. The first-order chi connectivity index (χ1) is 7.29. The summed E-state index contributed by atoms with van der Waals surface area (Å²) in [4.78, 5) is 5.36. The van der Waals surface area contributed by atoms with E-state index < -0.39 is 0 Å². The van der Waals surface area contributed by atoms with Gasteiger partial charge < -0.3 is 0 Å². The summed E-state index contributed by atoms with van der Waals surface area (Å²) in [6.45, 7) is 2.97. The van der Waals surface area contributed by atoms with E-state index in [9.17, 15) is 0 Å². The molecule has 2 rings (SSSR count). The molecule has 1 atom stereocenters. The van der Waals surface area contributed by atoms with E-state index in [0.717, 1.165) is 30.0 Å². The number of aromatic nitrogens is 1. The normalized spacial score (nSPS) is 21.5. The molecular weight excluding hydrogens is 206 g/mol. The van der Waals surface area contributed by atoms with Gasteiger partial charge in [-0.05, 0) is 43.8 Å². The number of hydrogen-bond donors (Lipinski definition) is 0. The predicted molar refractivity (Wildman–Crippen MR) is 60.2 cm³/mol. The van der Waals surface area contributed by atoms with Crippen LogP contribution in [-0.2, 0) is 0 Å². The third kappa shape index (κ3) is 2.49. The first-order valence-corrected chi connectivity index (χ1v) is 5.84. The van der Waals surface area contributed by atoms with Crippen molar-refractivity contribution in [3.63, 3.8) is 0 Å². The van der Waals surface area contributed by atoms with Gasteiger partial charge in [0.2, 0.25) is 0 Å². The highest BCUT2D eigenvalue weighted by Crippen LogP contribution is 2.30. The van der Waals surface area contributed by atoms with Crippen molar-refractivity contribution in [1.82, 2.24) is 9.29 Å². The highest BCUT2D eigenvalue weighted by atomic mass is 32.2. The van der Waals surface area contributed by atoms with Crippen molar-refractivity contribution in [3.8, 4) is 6.07 Å². The van der Waals surface area contributed by atoms with Crippen LogP contribution in [0.3, 0.4) is 0 Å². The van der Waals surface area contributed by atoms with Crippen molar-refractivity contribution in [1.29, 1.82) is 5.26 Å². The zero-order valence-corrected chi connectivity index (χ0v) is 9.50. The average Bonchev–Trinajstić information content (AvgIpc) is 2.69. The summed E-state index contributed by atoms with van der Waals surface area (Å²) in [5.74, 6) is 0. The van der Waals surface area contributed by atoms with Crippen molar-refractivity contribution in [3.05, 3.63) is 24.0 Å². The van der Waals surface area contributed by atoms with Crippen LogP contribution >= 0.6 is 11.9 Å². The van der Waals surface area contributed by atoms with Crippen LogP contribution in [0.25, 0.3) is 0 Å². The first kappa shape index (κ1) is 10.5. The van der Waals surface area contributed by atoms with Crippen LogP contribution in [0.2, 0.25) is 0 Å². The Morgan fingerprint density at radius 2 is 2.47 bits per heavy atom. The second kappa shape index (κ2) is 4.65. The maximum atomic E-state index is 8.94. The summed E-state index contributed by atoms with van der Waals surface area (Å²) in [5.41, 5.74) is 1.03. The first-order valence-electron chi connectivity index (χ1n) is 5.06. The van der Waals surface area contributed by atoms with Crippen molar-refractivity contribution in [2.45, 2.75) is 30.7 Å². The summed E-state index contributed by atoms with van der Waals surface area (Å²) >= 11 is 1.64. The van der Waals surface area contributed by atoms with Crippen LogP contribution in [-0.4, -0.2) is 21.9 Å². The van der Waals surface area contributed by atoms with Gasteiger partial charge in [-0.3, -0.25) is 4.98 Å². The van der Waals surface area contributed by atoms with Crippen LogP contribution in [0.5, 0.6) is 0 Å². The Morgan fingerprint density at radius 3 is 3.13 bits per heavy atom. The SMILES string of the molecule is Cc1ccc(SN2CCC[C@H]2C#N)cn1. The molecule has 15 heavy (non-hydrogen) atoms. The molecule has 3 nitrogen and oxygen atoms in total. The fourth-order valence-electron chi connectivity index (χ4n) is 1.62. The summed E-state index contributed by atoms with van der Waals surface area (Å²) < 4.78 is 2.15. The molecule has 1 aliphatic heterocycles. The van der Waals surface area contributed by atoms with Gasteiger partial charge in [-0.2, -0.15) is 5.26 Å². The van der Waals surface area contributed by atoms with Crippen molar-refractivity contribution in [2.24, 2.45) is 0 Å². The maximum Gasteiger partial charge on any atom is 0.107 e. The third-order valence-corrected chi connectivity index (χ3v) is 3.58. The molecule has 1 aliphatic rings. The predicted octanol–water partition coefficient (Wildman–Crippen LogP) is 2.39. The van der Waals surface area contributed by atoms with Crippen LogP contribution < -0.4 is 0 Å². The minimum absolute atomic E-state index is 0.0660. The molecule has 2 heterocycles. The molecule has 1 aromatic rings. The van der Waals surface area contributed by atoms with Crippen LogP contribution in [0.15, 0.2) is 23.2 Å². The fourth-order valence-corrected chi connectivity index (χ4v) is 2.62. The van der Waals surface area contributed by atoms with Crippen LogP contribution in [0, 0.1) is 18.3 Å². The van der Waals surface area contributed by atoms with Gasteiger partial charge in [-0.1, -0.05) is 0 Å². The lowest BCUT2D eigenvalue weighted by Crippen LogP contribution is -2.20. The molecule has 1 saturated heterocycles. The molecule has 0 unspecified atom stereocenters. The van der Waals surface area contributed by atoms with Crippen LogP contribution in [0.1, 0.15) is 18.5 Å². The topological polar surface area (TPSA) is 39.9 Å². The second-order valence-electron chi connectivity index (χ2n) is 3.65. The van der Waals surface area contributed by atoms with E-state index in [0.29, 0.717) is 0 Å². The zero-order chi connectivity index (χ0) is 10.7. The molecule has 0 aliphatic carbocycles. The lowest BCUT2D eigenvalue weighted by molar-refractivity contribution is 0.513. The summed E-state index contributed by atoms with van der Waals surface area (Å²) in [7, 11) is 0. The minimum Gasteiger partial charge on any atom is -0.260 e. The molecule has 1 aromatic heterocycles. The molecule has 0 saturated carbocycles. The molecule has 78 valence electrons. The van der Waals surface area contributed by atoms with Gasteiger partial charge in [0, 0.05) is 23.3 Å². The van der Waals surface area contributed by atoms with E-state index in [2.05, 4.69) is 21.4 Å². The Labute approximate surface area is 94.2 Å². The van der Waals surface area contributed by atoms with Gasteiger partial charge in [0.15, 0.2) is 0 Å². The fraction of sp³-hybridized carbons (Fsp3) is 0.455. The Morgan fingerprint density at radius 1 is 1.60 bits per heavy atom. The summed E-state index contributed by atoms with van der Waals surface area (Å²) in [6.07, 6.45) is 3.97. The minimum atomic E-state index is 0.0660. The average molecular weight is 219 g/mol. The van der Waals surface area contributed by atoms with Crippen molar-refractivity contribution >= 4 is 11.9 Å². The number of rotatable bonds is 2. The third-order valence-electron chi connectivity index (χ3n) is 2.46. The van der Waals surface area contributed by atoms with Gasteiger partial charge in [0.25, 0.3) is 0 Å². The molecule has 0 amide bonds. The van der Waals surface area contributed by atoms with Gasteiger partial charge in [-0.25, -0.2) is 4.31 Å². The van der Waals surface area contributed by atoms with E-state index >= 15 is 0 Å². The Bertz CT molecular complexity index is 368. The zero-order valence-electron chi connectivity index (χ0n) is 8.68. The highest BCUT2D eigenvalue weighted by molar-refractivity contribution is 7.97. The van der Waals surface area contributed by atoms with Crippen LogP contribution in [0.4, 0.5) is 0 Å². The van der Waals surface area contributed by atoms with E-state index in [-0.39, 0.29) is 6.04 Å². The van der Waals surface area contributed by atoms with Gasteiger partial charge in [-0.15, -0.1) is 0 Å². The lowest BCUT2D eigenvalue weighted by atomic mass is 10.2. The maximum absolute atomic E-state index is 8.94. The molecule has 0 bridgehead atoms. The molecule has 4 heteroatoms. The quantitative estimate of drug-likeness (QED) is 0.716. The van der Waals surface area contributed by atoms with E-state index in [1.165, 1.54) is 0 Å². The highest BCUT2D eigenvalue weighted by Gasteiger charge is 2.24. The number of hydrogen-bond acceptors (Lipinski definition) is 4. The van der Waals surface area contributed by atoms with Gasteiger partial charge in [0.05, 0.1) is 6.07 Å². The number of nitriles is 1. The Hall–Kier alpha value is -1.05. The molecular formula is C11H13N3S. The lowest BCUT2D eigenvalue weighted by Gasteiger charge is -2.16. The smallest absolute Gasteiger partial charge is 0.107 e. The molecule has 0 radical (unpaired) electrons. The van der Waals surface area contributed by atoms with E-state index in [1.54, 1.807) is 11.9 Å². The standard InChI is InChI=1S/C11H13N3S/c1-9-4-5-11(8-13-9)15-14-6-2-3-10(14)7-12/h4-5,8,10H,2-3,6H2,1H3/t10-/m0/s1. The van der Waals surface area contributed by atoms with Gasteiger partial charge >= 0.3 is 0 Å². The Kier molecular flexibility index (Phi) is 3.24. The molecule has 0 N–H and O–H groups in total. The summed E-state index contributed by atoms with van der Waals surface area (Å²) in [6, 6.07) is 6.45. The second-order valence-corrected chi connectivity index (χ2v) is 4.78. The molecule has 0 spiro atoms. The van der Waals surface area contributed by atoms with Crippen molar-refractivity contribution < 1.29 is 0 Å². The largest absolute Gasteiger partial charge is 0.260 e. The van der Waals surface area contributed by atoms with E-state index in [4.69, 9.17) is 5.26 Å². The summed E-state index contributed by atoms with van der Waals surface area (Å²) in [5, 5.41) is 8.94. The molecule has 1 fully saturated rings. The monoisotopic (exact) mass is 219 g/mol. The number of pyridine rings is 1. The number of nitrogens with zero attached hydrogens (tertiary/aromatic N) is 3.